The summed E-state index contributed by atoms with van der Waals surface area (Å²) in [5.41, 5.74) is 1.29. The number of carboxylic acid groups (broad SMARTS) is 1. The quantitative estimate of drug-likeness (QED) is 0.899. The lowest BCUT2D eigenvalue weighted by Gasteiger charge is -2.34. The van der Waals surface area contributed by atoms with E-state index >= 15 is 0 Å². The average Bonchev–Trinajstić information content (AvgIpc) is 2.93. The van der Waals surface area contributed by atoms with E-state index in [-0.39, 0.29) is 31.3 Å². The maximum atomic E-state index is 13.0. The molecular weight excluding hydrogens is 314 g/mol. The standard InChI is InChI=1S/C17H19NO6/c1-22-10-13-12-4-2-3-5-14(12)24-16(13)17(21)18-6-7-23-9-11(18)8-15(19)20/h2-5,11H,6-10H2,1H3,(H,19,20). The van der Waals surface area contributed by atoms with Crippen molar-refractivity contribution in [3.05, 3.63) is 35.6 Å². The van der Waals surface area contributed by atoms with Crippen LogP contribution in [0.3, 0.4) is 0 Å². The van der Waals surface area contributed by atoms with Crippen molar-refractivity contribution in [1.29, 1.82) is 0 Å². The van der Waals surface area contributed by atoms with Gasteiger partial charge in [-0.3, -0.25) is 9.59 Å². The molecule has 0 saturated carbocycles. The van der Waals surface area contributed by atoms with Crippen LogP contribution in [-0.4, -0.2) is 54.8 Å². The number of ether oxygens (including phenoxy) is 2. The number of rotatable bonds is 5. The fourth-order valence-corrected chi connectivity index (χ4v) is 2.98. The van der Waals surface area contributed by atoms with Gasteiger partial charge in [-0.2, -0.15) is 0 Å². The van der Waals surface area contributed by atoms with Gasteiger partial charge in [0.25, 0.3) is 5.91 Å². The van der Waals surface area contributed by atoms with Crippen molar-refractivity contribution in [1.82, 2.24) is 4.90 Å². The summed E-state index contributed by atoms with van der Waals surface area (Å²) in [5.74, 6) is -1.09. The van der Waals surface area contributed by atoms with Crippen molar-refractivity contribution in [3.63, 3.8) is 0 Å². The van der Waals surface area contributed by atoms with Crippen LogP contribution in [0.15, 0.2) is 28.7 Å². The molecule has 1 amide bonds. The molecule has 0 bridgehead atoms. The van der Waals surface area contributed by atoms with Crippen molar-refractivity contribution in [2.24, 2.45) is 0 Å². The van der Waals surface area contributed by atoms with Crippen LogP contribution in [0, 0.1) is 0 Å². The molecule has 1 fully saturated rings. The first kappa shape index (κ1) is 16.5. The summed E-state index contributed by atoms with van der Waals surface area (Å²) >= 11 is 0. The Hall–Kier alpha value is -2.38. The van der Waals surface area contributed by atoms with E-state index in [2.05, 4.69) is 0 Å². The highest BCUT2D eigenvalue weighted by Crippen LogP contribution is 2.28. The van der Waals surface area contributed by atoms with E-state index in [1.807, 2.05) is 18.2 Å². The van der Waals surface area contributed by atoms with Gasteiger partial charge in [0.1, 0.15) is 5.58 Å². The number of hydrogen-bond acceptors (Lipinski definition) is 5. The second-order valence-electron chi connectivity index (χ2n) is 5.66. The number of amides is 1. The molecule has 1 saturated heterocycles. The van der Waals surface area contributed by atoms with Crippen molar-refractivity contribution >= 4 is 22.8 Å². The van der Waals surface area contributed by atoms with E-state index in [0.717, 1.165) is 5.39 Å². The third-order valence-electron chi connectivity index (χ3n) is 4.08. The summed E-state index contributed by atoms with van der Waals surface area (Å²) in [6.45, 7) is 1.16. The number of hydrogen-bond donors (Lipinski definition) is 1. The van der Waals surface area contributed by atoms with E-state index in [1.165, 1.54) is 4.90 Å². The zero-order valence-electron chi connectivity index (χ0n) is 13.4. The molecule has 2 heterocycles. The third-order valence-corrected chi connectivity index (χ3v) is 4.08. The molecule has 1 aliphatic rings. The molecule has 1 atom stereocenters. The number of methoxy groups -OCH3 is 1. The fraction of sp³-hybridized carbons (Fsp3) is 0.412. The highest BCUT2D eigenvalue weighted by atomic mass is 16.5. The first-order valence-electron chi connectivity index (χ1n) is 7.71. The van der Waals surface area contributed by atoms with E-state index in [4.69, 9.17) is 19.0 Å². The maximum absolute atomic E-state index is 13.0. The van der Waals surface area contributed by atoms with Gasteiger partial charge in [0.05, 0.1) is 32.3 Å². The normalized spacial score (nSPS) is 18.0. The molecule has 1 unspecified atom stereocenters. The molecule has 7 heteroatoms. The Balaban J connectivity index is 1.97. The van der Waals surface area contributed by atoms with Crippen molar-refractivity contribution in [2.45, 2.75) is 19.1 Å². The lowest BCUT2D eigenvalue weighted by atomic mass is 10.1. The zero-order chi connectivity index (χ0) is 17.1. The van der Waals surface area contributed by atoms with Gasteiger partial charge in [-0.05, 0) is 6.07 Å². The van der Waals surface area contributed by atoms with E-state index in [9.17, 15) is 9.59 Å². The summed E-state index contributed by atoms with van der Waals surface area (Å²) in [6, 6.07) is 6.86. The van der Waals surface area contributed by atoms with Crippen LogP contribution < -0.4 is 0 Å². The van der Waals surface area contributed by atoms with Gasteiger partial charge in [0.15, 0.2) is 5.76 Å². The van der Waals surface area contributed by atoms with Crippen LogP contribution in [-0.2, 0) is 20.9 Å². The number of carboxylic acids is 1. The third kappa shape index (κ3) is 3.13. The van der Waals surface area contributed by atoms with E-state index in [1.54, 1.807) is 13.2 Å². The highest BCUT2D eigenvalue weighted by Gasteiger charge is 2.33. The van der Waals surface area contributed by atoms with Crippen molar-refractivity contribution in [2.75, 3.05) is 26.9 Å². The molecule has 1 N–H and O–H groups in total. The number of morpholine rings is 1. The summed E-state index contributed by atoms with van der Waals surface area (Å²) in [4.78, 5) is 25.6. The largest absolute Gasteiger partial charge is 0.481 e. The lowest BCUT2D eigenvalue weighted by molar-refractivity contribution is -0.139. The molecule has 1 aromatic carbocycles. The minimum Gasteiger partial charge on any atom is -0.481 e. The fourth-order valence-electron chi connectivity index (χ4n) is 2.98. The molecule has 3 rings (SSSR count). The number of benzene rings is 1. The number of fused-ring (bicyclic) bond motifs is 1. The summed E-state index contributed by atoms with van der Waals surface area (Å²) in [6.07, 6.45) is -0.161. The van der Waals surface area contributed by atoms with Gasteiger partial charge in [-0.25, -0.2) is 0 Å². The number of nitrogens with zero attached hydrogens (tertiary/aromatic N) is 1. The Morgan fingerprint density at radius 1 is 1.38 bits per heavy atom. The van der Waals surface area contributed by atoms with Gasteiger partial charge in [-0.15, -0.1) is 0 Å². The Kier molecular flexibility index (Phi) is 4.82. The number of furan rings is 1. The lowest BCUT2D eigenvalue weighted by Crippen LogP contribution is -2.49. The van der Waals surface area contributed by atoms with Gasteiger partial charge >= 0.3 is 5.97 Å². The molecule has 1 aromatic heterocycles. The SMILES string of the molecule is COCc1c(C(=O)N2CCOCC2CC(=O)O)oc2ccccc12. The maximum Gasteiger partial charge on any atom is 0.305 e. The number of carbonyl (C=O) groups is 2. The summed E-state index contributed by atoms with van der Waals surface area (Å²) in [5, 5.41) is 9.88. The molecule has 0 spiro atoms. The molecule has 7 nitrogen and oxygen atoms in total. The average molecular weight is 333 g/mol. The Morgan fingerprint density at radius 2 is 2.17 bits per heavy atom. The van der Waals surface area contributed by atoms with Crippen molar-refractivity contribution in [3.8, 4) is 0 Å². The van der Waals surface area contributed by atoms with Gasteiger partial charge in [-0.1, -0.05) is 18.2 Å². The summed E-state index contributed by atoms with van der Waals surface area (Å²) < 4.78 is 16.3. The Labute approximate surface area is 138 Å². The first-order valence-corrected chi connectivity index (χ1v) is 7.71. The molecule has 24 heavy (non-hydrogen) atoms. The monoisotopic (exact) mass is 333 g/mol. The molecule has 128 valence electrons. The number of aliphatic carboxylic acids is 1. The number of para-hydroxylation sites is 1. The van der Waals surface area contributed by atoms with Crippen LogP contribution in [0.2, 0.25) is 0 Å². The first-order chi connectivity index (χ1) is 11.6. The smallest absolute Gasteiger partial charge is 0.305 e. The molecule has 0 aliphatic carbocycles. The Morgan fingerprint density at radius 3 is 2.92 bits per heavy atom. The predicted molar refractivity (Wildman–Crippen MR) is 84.8 cm³/mol. The molecule has 1 aliphatic heterocycles. The minimum absolute atomic E-state index is 0.161. The second kappa shape index (κ2) is 7.02. The van der Waals surface area contributed by atoms with Crippen LogP contribution >= 0.6 is 0 Å². The molecular formula is C17H19NO6. The Bertz CT molecular complexity index is 753. The number of carbonyl (C=O) groups excluding carboxylic acids is 1. The van der Waals surface area contributed by atoms with Gasteiger partial charge in [0, 0.05) is 24.6 Å². The highest BCUT2D eigenvalue weighted by molar-refractivity contribution is 5.99. The van der Waals surface area contributed by atoms with Crippen LogP contribution in [0.25, 0.3) is 11.0 Å². The minimum atomic E-state index is -0.968. The van der Waals surface area contributed by atoms with Crippen molar-refractivity contribution < 1.29 is 28.6 Å². The summed E-state index contributed by atoms with van der Waals surface area (Å²) in [7, 11) is 1.55. The van der Waals surface area contributed by atoms with Crippen LogP contribution in [0.5, 0.6) is 0 Å². The van der Waals surface area contributed by atoms with E-state index in [0.29, 0.717) is 24.3 Å². The van der Waals surface area contributed by atoms with Crippen LogP contribution in [0.4, 0.5) is 0 Å². The molecule has 0 radical (unpaired) electrons. The second-order valence-corrected chi connectivity index (χ2v) is 5.66. The van der Waals surface area contributed by atoms with Gasteiger partial charge < -0.3 is 23.9 Å². The predicted octanol–water partition coefficient (Wildman–Crippen LogP) is 1.89. The zero-order valence-corrected chi connectivity index (χ0v) is 13.4. The van der Waals surface area contributed by atoms with Gasteiger partial charge in [0.2, 0.25) is 0 Å². The topological polar surface area (TPSA) is 89.2 Å². The molecule has 2 aromatic rings. The van der Waals surface area contributed by atoms with Crippen LogP contribution in [0.1, 0.15) is 22.5 Å². The van der Waals surface area contributed by atoms with E-state index < -0.39 is 12.0 Å².